The highest BCUT2D eigenvalue weighted by Crippen LogP contribution is 2.33. The van der Waals surface area contributed by atoms with E-state index in [1.807, 2.05) is 0 Å². The second-order valence-electron chi connectivity index (χ2n) is 5.50. The van der Waals surface area contributed by atoms with Gasteiger partial charge in [-0.1, -0.05) is 11.6 Å². The Labute approximate surface area is 153 Å². The number of fused-ring (bicyclic) bond motifs is 1. The van der Waals surface area contributed by atoms with E-state index in [1.54, 1.807) is 0 Å². The molecule has 2 N–H and O–H groups in total. The van der Waals surface area contributed by atoms with E-state index in [0.717, 1.165) is 6.26 Å². The van der Waals surface area contributed by atoms with Crippen molar-refractivity contribution in [2.45, 2.75) is 4.90 Å². The Balaban J connectivity index is 2.00. The number of carboxylic acid groups (broad SMARTS) is 1. The number of anilines is 1. The zero-order valence-electron chi connectivity index (χ0n) is 13.3. The number of amides is 1. The molecule has 0 saturated heterocycles. The van der Waals surface area contributed by atoms with Crippen LogP contribution in [-0.4, -0.2) is 31.7 Å². The van der Waals surface area contributed by atoms with Crippen molar-refractivity contribution in [2.24, 2.45) is 0 Å². The van der Waals surface area contributed by atoms with Crippen molar-refractivity contribution in [3.05, 3.63) is 58.8 Å². The van der Waals surface area contributed by atoms with Crippen LogP contribution in [-0.2, 0) is 9.84 Å². The molecule has 0 aliphatic heterocycles. The van der Waals surface area contributed by atoms with Gasteiger partial charge < -0.3 is 14.8 Å². The van der Waals surface area contributed by atoms with E-state index in [0.29, 0.717) is 10.4 Å². The topological polar surface area (TPSA) is 114 Å². The number of carbonyl (C=O) groups excluding carboxylic acids is 1. The summed E-state index contributed by atoms with van der Waals surface area (Å²) in [7, 11) is -3.39. The summed E-state index contributed by atoms with van der Waals surface area (Å²) in [5.74, 6) is -2.39. The van der Waals surface area contributed by atoms with Crippen LogP contribution in [0.1, 0.15) is 20.9 Å². The molecule has 0 unspecified atom stereocenters. The molecule has 0 bridgehead atoms. The standard InChI is InChI=1S/C17H12ClNO6S/c1-26(23,24)11-5-2-9(3-6-11)16(20)19-14-12-8-10(18)4-7-13(12)25-15(14)17(21)22/h2-8H,1H3,(H,19,20)(H,21,22). The van der Waals surface area contributed by atoms with Gasteiger partial charge in [0, 0.05) is 22.2 Å². The lowest BCUT2D eigenvalue weighted by atomic mass is 10.2. The first-order chi connectivity index (χ1) is 12.2. The van der Waals surface area contributed by atoms with Gasteiger partial charge in [0.2, 0.25) is 5.76 Å². The first kappa shape index (κ1) is 18.0. The number of furan rings is 1. The quantitative estimate of drug-likeness (QED) is 0.701. The maximum atomic E-state index is 12.4. The Bertz CT molecular complexity index is 1130. The van der Waals surface area contributed by atoms with Gasteiger partial charge in [-0.3, -0.25) is 4.79 Å². The van der Waals surface area contributed by atoms with Crippen LogP contribution in [0.25, 0.3) is 11.0 Å². The normalized spacial score (nSPS) is 11.5. The fraction of sp³-hybridized carbons (Fsp3) is 0.0588. The van der Waals surface area contributed by atoms with Crippen molar-refractivity contribution in [3.63, 3.8) is 0 Å². The molecule has 0 radical (unpaired) electrons. The molecule has 3 rings (SSSR count). The van der Waals surface area contributed by atoms with Crippen LogP contribution in [0.2, 0.25) is 5.02 Å². The zero-order valence-corrected chi connectivity index (χ0v) is 14.9. The molecular formula is C17H12ClNO6S. The number of sulfone groups is 1. The number of rotatable bonds is 4. The van der Waals surface area contributed by atoms with Crippen molar-refractivity contribution < 1.29 is 27.5 Å². The Hall–Kier alpha value is -2.84. The number of halogens is 1. The van der Waals surface area contributed by atoms with Crippen LogP contribution in [0.4, 0.5) is 5.69 Å². The van der Waals surface area contributed by atoms with Crippen LogP contribution in [0.3, 0.4) is 0 Å². The summed E-state index contributed by atoms with van der Waals surface area (Å²) in [5, 5.41) is 12.5. The zero-order chi connectivity index (χ0) is 19.1. The van der Waals surface area contributed by atoms with Gasteiger partial charge >= 0.3 is 5.97 Å². The van der Waals surface area contributed by atoms with Gasteiger partial charge in [-0.15, -0.1) is 0 Å². The van der Waals surface area contributed by atoms with E-state index in [2.05, 4.69) is 5.32 Å². The molecule has 1 aromatic heterocycles. The molecule has 9 heteroatoms. The molecule has 1 amide bonds. The molecule has 3 aromatic rings. The molecule has 0 spiro atoms. The molecule has 0 saturated carbocycles. The molecule has 134 valence electrons. The van der Waals surface area contributed by atoms with E-state index in [1.165, 1.54) is 42.5 Å². The third-order valence-corrected chi connectivity index (χ3v) is 4.99. The molecule has 0 fully saturated rings. The van der Waals surface area contributed by atoms with Gasteiger partial charge in [0.05, 0.1) is 4.90 Å². The molecule has 0 aliphatic carbocycles. The summed E-state index contributed by atoms with van der Waals surface area (Å²) in [6.07, 6.45) is 1.06. The van der Waals surface area contributed by atoms with Crippen molar-refractivity contribution in [2.75, 3.05) is 11.6 Å². The lowest BCUT2D eigenvalue weighted by Crippen LogP contribution is -2.14. The van der Waals surface area contributed by atoms with Crippen molar-refractivity contribution in [1.29, 1.82) is 0 Å². The molecule has 26 heavy (non-hydrogen) atoms. The smallest absolute Gasteiger partial charge is 0.374 e. The van der Waals surface area contributed by atoms with E-state index >= 15 is 0 Å². The number of hydrogen-bond acceptors (Lipinski definition) is 5. The van der Waals surface area contributed by atoms with Crippen LogP contribution in [0, 0.1) is 0 Å². The second kappa shape index (κ2) is 6.47. The van der Waals surface area contributed by atoms with Gasteiger partial charge in [-0.05, 0) is 42.5 Å². The van der Waals surface area contributed by atoms with Crippen molar-refractivity contribution in [1.82, 2.24) is 0 Å². The third-order valence-electron chi connectivity index (χ3n) is 3.63. The molecule has 7 nitrogen and oxygen atoms in total. The number of benzene rings is 2. The van der Waals surface area contributed by atoms with Gasteiger partial charge in [-0.25, -0.2) is 13.2 Å². The van der Waals surface area contributed by atoms with E-state index < -0.39 is 27.5 Å². The average molecular weight is 394 g/mol. The molecule has 2 aromatic carbocycles. The average Bonchev–Trinajstić information content (AvgIpc) is 2.92. The third kappa shape index (κ3) is 3.42. The Kier molecular flexibility index (Phi) is 4.47. The van der Waals surface area contributed by atoms with Crippen LogP contribution in [0.5, 0.6) is 0 Å². The monoisotopic (exact) mass is 393 g/mol. The lowest BCUT2D eigenvalue weighted by molar-refractivity contribution is 0.0666. The fourth-order valence-corrected chi connectivity index (χ4v) is 3.19. The number of hydrogen-bond donors (Lipinski definition) is 2. The number of carboxylic acids is 1. The summed E-state index contributed by atoms with van der Waals surface area (Å²) in [4.78, 5) is 23.9. The highest BCUT2D eigenvalue weighted by atomic mass is 35.5. The maximum absolute atomic E-state index is 12.4. The molecule has 0 atom stereocenters. The van der Waals surface area contributed by atoms with Crippen LogP contribution in [0.15, 0.2) is 51.8 Å². The van der Waals surface area contributed by atoms with Gasteiger partial charge in [0.15, 0.2) is 9.84 Å². The largest absolute Gasteiger partial charge is 0.475 e. The first-order valence-corrected chi connectivity index (χ1v) is 9.50. The maximum Gasteiger partial charge on any atom is 0.374 e. The predicted molar refractivity (Wildman–Crippen MR) is 95.7 cm³/mol. The minimum absolute atomic E-state index is 0.0211. The Morgan fingerprint density at radius 3 is 2.35 bits per heavy atom. The second-order valence-corrected chi connectivity index (χ2v) is 7.95. The lowest BCUT2D eigenvalue weighted by Gasteiger charge is -2.06. The summed E-state index contributed by atoms with van der Waals surface area (Å²) in [6, 6.07) is 9.78. The van der Waals surface area contributed by atoms with Gasteiger partial charge in [0.1, 0.15) is 11.3 Å². The van der Waals surface area contributed by atoms with Crippen molar-refractivity contribution in [3.8, 4) is 0 Å². The highest BCUT2D eigenvalue weighted by Gasteiger charge is 2.22. The molecular weight excluding hydrogens is 382 g/mol. The molecule has 1 heterocycles. The highest BCUT2D eigenvalue weighted by molar-refractivity contribution is 7.90. The predicted octanol–water partition coefficient (Wildman–Crippen LogP) is 3.44. The first-order valence-electron chi connectivity index (χ1n) is 7.23. The number of nitrogens with one attached hydrogen (secondary N) is 1. The van der Waals surface area contributed by atoms with E-state index in [4.69, 9.17) is 16.0 Å². The van der Waals surface area contributed by atoms with E-state index in [-0.39, 0.29) is 21.7 Å². The fourth-order valence-electron chi connectivity index (χ4n) is 2.38. The van der Waals surface area contributed by atoms with Crippen molar-refractivity contribution >= 4 is 50.0 Å². The van der Waals surface area contributed by atoms with Crippen LogP contribution < -0.4 is 5.32 Å². The van der Waals surface area contributed by atoms with E-state index in [9.17, 15) is 23.1 Å². The van der Waals surface area contributed by atoms with Gasteiger partial charge in [0.25, 0.3) is 5.91 Å². The number of aromatic carboxylic acids is 1. The van der Waals surface area contributed by atoms with Gasteiger partial charge in [-0.2, -0.15) is 0 Å². The number of carbonyl (C=O) groups is 2. The minimum Gasteiger partial charge on any atom is -0.475 e. The summed E-state index contributed by atoms with van der Waals surface area (Å²) < 4.78 is 28.2. The summed E-state index contributed by atoms with van der Waals surface area (Å²) in [5.41, 5.74) is 0.395. The summed E-state index contributed by atoms with van der Waals surface area (Å²) >= 11 is 5.93. The molecule has 0 aliphatic rings. The minimum atomic E-state index is -3.39. The Morgan fingerprint density at radius 1 is 1.12 bits per heavy atom. The Morgan fingerprint density at radius 2 is 1.77 bits per heavy atom. The SMILES string of the molecule is CS(=O)(=O)c1ccc(C(=O)Nc2c(C(=O)O)oc3ccc(Cl)cc23)cc1. The van der Waals surface area contributed by atoms with Crippen LogP contribution >= 0.6 is 11.6 Å². The summed E-state index contributed by atoms with van der Waals surface area (Å²) in [6.45, 7) is 0.